The average molecular weight is 279 g/mol. The second kappa shape index (κ2) is 6.28. The molecule has 0 atom stereocenters. The number of imidazole rings is 1. The predicted octanol–water partition coefficient (Wildman–Crippen LogP) is 3.89. The lowest BCUT2D eigenvalue weighted by molar-refractivity contribution is 0.391. The molecule has 0 aliphatic heterocycles. The Morgan fingerprint density at radius 1 is 1.32 bits per heavy atom. The molecule has 0 unspecified atom stereocenters. The van der Waals surface area contributed by atoms with Crippen molar-refractivity contribution < 1.29 is 4.52 Å². The van der Waals surface area contributed by atoms with Gasteiger partial charge in [0.25, 0.3) is 0 Å². The number of aryl methyl sites for hydroxylation is 2. The summed E-state index contributed by atoms with van der Waals surface area (Å²) in [6.07, 6.45) is 2.38. The van der Waals surface area contributed by atoms with Crippen LogP contribution < -0.4 is 0 Å². The van der Waals surface area contributed by atoms with Crippen LogP contribution in [0.4, 0.5) is 0 Å². The Balaban J connectivity index is 2.08. The molecule has 0 amide bonds. The molecular weight excluding hydrogens is 258 g/mol. The van der Waals surface area contributed by atoms with Gasteiger partial charge in [-0.25, -0.2) is 4.98 Å². The molecule has 0 bridgehead atoms. The Bertz CT molecular complexity index is 545. The van der Waals surface area contributed by atoms with Gasteiger partial charge in [-0.3, -0.25) is 0 Å². The smallest absolute Gasteiger partial charge is 0.168 e. The first-order valence-electron chi connectivity index (χ1n) is 6.70. The van der Waals surface area contributed by atoms with Gasteiger partial charge < -0.3 is 9.09 Å². The number of rotatable bonds is 6. The molecule has 0 saturated carbocycles. The van der Waals surface area contributed by atoms with E-state index in [0.29, 0.717) is 0 Å². The summed E-state index contributed by atoms with van der Waals surface area (Å²) >= 11 is 1.72. The third-order valence-electron chi connectivity index (χ3n) is 3.18. The van der Waals surface area contributed by atoms with Crippen LogP contribution in [-0.2, 0) is 12.3 Å². The standard InChI is InChI=1S/C14H21N3OS/c1-5-6-7-17-12(4)11(3)15-14(17)19-9-13-8-10(2)16-18-13/h8H,5-7,9H2,1-4H3. The summed E-state index contributed by atoms with van der Waals surface area (Å²) in [5.41, 5.74) is 3.31. The molecule has 0 aromatic carbocycles. The maximum Gasteiger partial charge on any atom is 0.168 e. The second-order valence-electron chi connectivity index (χ2n) is 4.79. The molecule has 0 spiro atoms. The number of hydrogen-bond donors (Lipinski definition) is 0. The van der Waals surface area contributed by atoms with E-state index in [-0.39, 0.29) is 0 Å². The van der Waals surface area contributed by atoms with Crippen LogP contribution in [0.1, 0.15) is 42.6 Å². The number of nitrogens with zero attached hydrogens (tertiary/aromatic N) is 3. The van der Waals surface area contributed by atoms with Gasteiger partial charge in [-0.05, 0) is 27.2 Å². The highest BCUT2D eigenvalue weighted by atomic mass is 32.2. The molecular formula is C14H21N3OS. The first-order chi connectivity index (χ1) is 9.11. The number of aromatic nitrogens is 3. The Morgan fingerprint density at radius 3 is 2.74 bits per heavy atom. The largest absolute Gasteiger partial charge is 0.360 e. The van der Waals surface area contributed by atoms with E-state index < -0.39 is 0 Å². The van der Waals surface area contributed by atoms with Crippen LogP contribution in [0.25, 0.3) is 0 Å². The van der Waals surface area contributed by atoms with Crippen molar-refractivity contribution in [1.82, 2.24) is 14.7 Å². The molecule has 0 aliphatic carbocycles. The molecule has 4 nitrogen and oxygen atoms in total. The second-order valence-corrected chi connectivity index (χ2v) is 5.74. The summed E-state index contributed by atoms with van der Waals surface area (Å²) in [5, 5.41) is 4.99. The number of thioether (sulfide) groups is 1. The van der Waals surface area contributed by atoms with Crippen LogP contribution in [0.2, 0.25) is 0 Å². The van der Waals surface area contributed by atoms with Gasteiger partial charge in [0, 0.05) is 18.3 Å². The van der Waals surface area contributed by atoms with Gasteiger partial charge in [-0.15, -0.1) is 0 Å². The Labute approximate surface area is 118 Å². The summed E-state index contributed by atoms with van der Waals surface area (Å²) in [5.74, 6) is 1.69. The van der Waals surface area contributed by atoms with Crippen molar-refractivity contribution in [2.24, 2.45) is 0 Å². The van der Waals surface area contributed by atoms with E-state index in [0.717, 1.165) is 34.6 Å². The summed E-state index contributed by atoms with van der Waals surface area (Å²) in [6.45, 7) is 9.40. The first-order valence-corrected chi connectivity index (χ1v) is 7.69. The Hall–Kier alpha value is -1.23. The van der Waals surface area contributed by atoms with Crippen LogP contribution in [0, 0.1) is 20.8 Å². The fourth-order valence-electron chi connectivity index (χ4n) is 1.93. The van der Waals surface area contributed by atoms with Crippen LogP contribution in [0.3, 0.4) is 0 Å². The van der Waals surface area contributed by atoms with E-state index in [1.165, 1.54) is 18.5 Å². The minimum Gasteiger partial charge on any atom is -0.360 e. The molecule has 19 heavy (non-hydrogen) atoms. The monoisotopic (exact) mass is 279 g/mol. The van der Waals surface area contributed by atoms with Crippen LogP contribution in [-0.4, -0.2) is 14.7 Å². The van der Waals surface area contributed by atoms with Gasteiger partial charge in [0.15, 0.2) is 5.16 Å². The molecule has 0 fully saturated rings. The van der Waals surface area contributed by atoms with Crippen molar-refractivity contribution in [3.63, 3.8) is 0 Å². The van der Waals surface area contributed by atoms with E-state index >= 15 is 0 Å². The topological polar surface area (TPSA) is 43.9 Å². The van der Waals surface area contributed by atoms with Gasteiger partial charge >= 0.3 is 0 Å². The predicted molar refractivity (Wildman–Crippen MR) is 77.4 cm³/mol. The first kappa shape index (κ1) is 14.2. The lowest BCUT2D eigenvalue weighted by Gasteiger charge is -2.08. The highest BCUT2D eigenvalue weighted by molar-refractivity contribution is 7.98. The van der Waals surface area contributed by atoms with E-state index in [2.05, 4.69) is 35.5 Å². The van der Waals surface area contributed by atoms with Gasteiger partial charge in [-0.2, -0.15) is 0 Å². The third kappa shape index (κ3) is 3.41. The van der Waals surface area contributed by atoms with Gasteiger partial charge in [-0.1, -0.05) is 30.3 Å². The summed E-state index contributed by atoms with van der Waals surface area (Å²) < 4.78 is 7.55. The SMILES string of the molecule is CCCCn1c(SCc2cc(C)no2)nc(C)c1C. The van der Waals surface area contributed by atoms with Crippen LogP contribution in [0.15, 0.2) is 15.7 Å². The number of hydrogen-bond acceptors (Lipinski definition) is 4. The van der Waals surface area contributed by atoms with E-state index in [4.69, 9.17) is 4.52 Å². The van der Waals surface area contributed by atoms with Crippen LogP contribution in [0.5, 0.6) is 0 Å². The molecule has 104 valence electrons. The maximum atomic E-state index is 5.24. The summed E-state index contributed by atoms with van der Waals surface area (Å²) in [6, 6.07) is 1.98. The van der Waals surface area contributed by atoms with E-state index in [1.54, 1.807) is 11.8 Å². The molecule has 2 heterocycles. The minimum absolute atomic E-state index is 0.781. The zero-order valence-electron chi connectivity index (χ0n) is 12.1. The normalized spacial score (nSPS) is 11.2. The summed E-state index contributed by atoms with van der Waals surface area (Å²) in [4.78, 5) is 4.65. The van der Waals surface area contributed by atoms with Crippen LogP contribution >= 0.6 is 11.8 Å². The zero-order chi connectivity index (χ0) is 13.8. The quantitative estimate of drug-likeness (QED) is 0.752. The molecule has 0 saturated heterocycles. The Kier molecular flexibility index (Phi) is 4.69. The number of unbranched alkanes of at least 4 members (excludes halogenated alkanes) is 1. The van der Waals surface area contributed by atoms with Crippen molar-refractivity contribution in [1.29, 1.82) is 0 Å². The van der Waals surface area contributed by atoms with Crippen molar-refractivity contribution in [2.45, 2.75) is 58.0 Å². The molecule has 2 rings (SSSR count). The lowest BCUT2D eigenvalue weighted by atomic mass is 10.3. The minimum atomic E-state index is 0.781. The van der Waals surface area contributed by atoms with E-state index in [9.17, 15) is 0 Å². The van der Waals surface area contributed by atoms with Gasteiger partial charge in [0.2, 0.25) is 0 Å². The van der Waals surface area contributed by atoms with E-state index in [1.807, 2.05) is 13.0 Å². The highest BCUT2D eigenvalue weighted by Crippen LogP contribution is 2.25. The van der Waals surface area contributed by atoms with Crippen molar-refractivity contribution in [3.8, 4) is 0 Å². The summed E-state index contributed by atoms with van der Waals surface area (Å²) in [7, 11) is 0. The average Bonchev–Trinajstić information content (AvgIpc) is 2.91. The molecule has 0 radical (unpaired) electrons. The molecule has 2 aromatic heterocycles. The van der Waals surface area contributed by atoms with Gasteiger partial charge in [0.05, 0.1) is 17.1 Å². The van der Waals surface area contributed by atoms with Crippen molar-refractivity contribution in [2.75, 3.05) is 0 Å². The molecule has 0 aliphatic rings. The lowest BCUT2D eigenvalue weighted by Crippen LogP contribution is -2.02. The fourth-order valence-corrected chi connectivity index (χ4v) is 2.93. The molecule has 2 aromatic rings. The molecule has 5 heteroatoms. The van der Waals surface area contributed by atoms with Crippen molar-refractivity contribution in [3.05, 3.63) is 28.9 Å². The van der Waals surface area contributed by atoms with Gasteiger partial charge in [0.1, 0.15) is 5.76 Å². The van der Waals surface area contributed by atoms with Crippen molar-refractivity contribution >= 4 is 11.8 Å². The zero-order valence-corrected chi connectivity index (χ0v) is 12.9. The maximum absolute atomic E-state index is 5.24. The molecule has 0 N–H and O–H groups in total. The Morgan fingerprint density at radius 2 is 2.11 bits per heavy atom. The fraction of sp³-hybridized carbons (Fsp3) is 0.571. The third-order valence-corrected chi connectivity index (χ3v) is 4.18. The highest BCUT2D eigenvalue weighted by Gasteiger charge is 2.12.